The molecule has 2 aromatic carbocycles. The first-order chi connectivity index (χ1) is 13.5. The second-order valence-corrected chi connectivity index (χ2v) is 6.52. The quantitative estimate of drug-likeness (QED) is 0.644. The Morgan fingerprint density at radius 2 is 1.61 bits per heavy atom. The molecule has 2 aromatic rings. The summed E-state index contributed by atoms with van der Waals surface area (Å²) in [6.07, 6.45) is 0.261. The van der Waals surface area contributed by atoms with E-state index in [9.17, 15) is 4.79 Å². The van der Waals surface area contributed by atoms with E-state index in [2.05, 4.69) is 12.2 Å². The molecule has 0 saturated carbocycles. The average Bonchev–Trinajstić information content (AvgIpc) is 2.69. The molecule has 5 heteroatoms. The fourth-order valence-corrected chi connectivity index (χ4v) is 2.91. The van der Waals surface area contributed by atoms with E-state index in [4.69, 9.17) is 14.2 Å². The summed E-state index contributed by atoms with van der Waals surface area (Å²) < 4.78 is 17.2. The number of aryl methyl sites for hydroxylation is 1. The summed E-state index contributed by atoms with van der Waals surface area (Å²) in [6.45, 7) is 10.8. The predicted octanol–water partition coefficient (Wildman–Crippen LogP) is 4.69. The molecule has 0 spiro atoms. The fourth-order valence-electron chi connectivity index (χ4n) is 2.91. The molecule has 0 aliphatic rings. The highest BCUT2D eigenvalue weighted by Gasteiger charge is 2.19. The molecule has 0 unspecified atom stereocenters. The summed E-state index contributed by atoms with van der Waals surface area (Å²) in [7, 11) is 0. The molecule has 1 N–H and O–H groups in total. The SMILES string of the molecule is CCOc1ccc([C@H](C)NC(=O)[C@@H](C)Oc2ccccc2CC)cc1OCC. The van der Waals surface area contributed by atoms with E-state index in [1.54, 1.807) is 6.92 Å². The molecule has 28 heavy (non-hydrogen) atoms. The highest BCUT2D eigenvalue weighted by molar-refractivity contribution is 5.81. The number of amides is 1. The van der Waals surface area contributed by atoms with Crippen LogP contribution in [0.15, 0.2) is 42.5 Å². The van der Waals surface area contributed by atoms with Crippen LogP contribution in [0.2, 0.25) is 0 Å². The Hall–Kier alpha value is -2.69. The normalized spacial score (nSPS) is 12.8. The van der Waals surface area contributed by atoms with Gasteiger partial charge in [0.25, 0.3) is 5.91 Å². The molecule has 0 saturated heterocycles. The maximum Gasteiger partial charge on any atom is 0.261 e. The van der Waals surface area contributed by atoms with Gasteiger partial charge >= 0.3 is 0 Å². The second kappa shape index (κ2) is 10.6. The molecular weight excluding hydrogens is 354 g/mol. The van der Waals surface area contributed by atoms with Gasteiger partial charge < -0.3 is 19.5 Å². The first-order valence-corrected chi connectivity index (χ1v) is 9.94. The predicted molar refractivity (Wildman–Crippen MR) is 111 cm³/mol. The Bertz CT molecular complexity index is 775. The summed E-state index contributed by atoms with van der Waals surface area (Å²) in [6, 6.07) is 13.3. The summed E-state index contributed by atoms with van der Waals surface area (Å²) in [5.74, 6) is 1.98. The van der Waals surface area contributed by atoms with Gasteiger partial charge in [-0.05, 0) is 63.4 Å². The van der Waals surface area contributed by atoms with Crippen LogP contribution in [0.1, 0.15) is 51.8 Å². The first kappa shape index (κ1) is 21.6. The van der Waals surface area contributed by atoms with Crippen molar-refractivity contribution in [1.82, 2.24) is 5.32 Å². The Balaban J connectivity index is 2.05. The van der Waals surface area contributed by atoms with Crippen LogP contribution in [0.25, 0.3) is 0 Å². The number of hydrogen-bond donors (Lipinski definition) is 1. The van der Waals surface area contributed by atoms with Crippen molar-refractivity contribution in [1.29, 1.82) is 0 Å². The van der Waals surface area contributed by atoms with Crippen LogP contribution in [0.3, 0.4) is 0 Å². The summed E-state index contributed by atoms with van der Waals surface area (Å²) in [5, 5.41) is 3.01. The van der Waals surface area contributed by atoms with E-state index >= 15 is 0 Å². The number of carbonyl (C=O) groups is 1. The molecule has 2 rings (SSSR count). The highest BCUT2D eigenvalue weighted by atomic mass is 16.5. The largest absolute Gasteiger partial charge is 0.490 e. The highest BCUT2D eigenvalue weighted by Crippen LogP contribution is 2.30. The minimum Gasteiger partial charge on any atom is -0.490 e. The molecule has 0 aromatic heterocycles. The van der Waals surface area contributed by atoms with Gasteiger partial charge in [-0.15, -0.1) is 0 Å². The van der Waals surface area contributed by atoms with Crippen molar-refractivity contribution < 1.29 is 19.0 Å². The van der Waals surface area contributed by atoms with Crippen molar-refractivity contribution >= 4 is 5.91 Å². The molecule has 0 aliphatic carbocycles. The number of carbonyl (C=O) groups excluding carboxylic acids is 1. The van der Waals surface area contributed by atoms with Crippen molar-refractivity contribution in [2.24, 2.45) is 0 Å². The second-order valence-electron chi connectivity index (χ2n) is 6.52. The number of hydrogen-bond acceptors (Lipinski definition) is 4. The lowest BCUT2D eigenvalue weighted by Crippen LogP contribution is -2.37. The van der Waals surface area contributed by atoms with E-state index < -0.39 is 6.10 Å². The van der Waals surface area contributed by atoms with Gasteiger partial charge in [-0.2, -0.15) is 0 Å². The van der Waals surface area contributed by atoms with Gasteiger partial charge in [-0.3, -0.25) is 4.79 Å². The van der Waals surface area contributed by atoms with Crippen molar-refractivity contribution in [2.45, 2.75) is 53.2 Å². The minimum atomic E-state index is -0.593. The van der Waals surface area contributed by atoms with Crippen LogP contribution in [-0.4, -0.2) is 25.2 Å². The lowest BCUT2D eigenvalue weighted by Gasteiger charge is -2.21. The number of benzene rings is 2. The van der Waals surface area contributed by atoms with Crippen LogP contribution in [-0.2, 0) is 11.2 Å². The van der Waals surface area contributed by atoms with E-state index in [1.807, 2.05) is 63.2 Å². The molecule has 0 radical (unpaired) electrons. The van der Waals surface area contributed by atoms with E-state index in [1.165, 1.54) is 0 Å². The molecule has 2 atom stereocenters. The monoisotopic (exact) mass is 385 g/mol. The van der Waals surface area contributed by atoms with Gasteiger partial charge in [0.15, 0.2) is 17.6 Å². The molecular formula is C23H31NO4. The Kier molecular flexibility index (Phi) is 8.18. The topological polar surface area (TPSA) is 56.8 Å². The number of rotatable bonds is 10. The Labute approximate surface area is 168 Å². The zero-order valence-corrected chi connectivity index (χ0v) is 17.5. The molecule has 0 heterocycles. The third-order valence-corrected chi connectivity index (χ3v) is 4.45. The van der Waals surface area contributed by atoms with E-state index in [0.717, 1.165) is 23.3 Å². The van der Waals surface area contributed by atoms with Crippen LogP contribution in [0.4, 0.5) is 0 Å². The van der Waals surface area contributed by atoms with Crippen LogP contribution >= 0.6 is 0 Å². The summed E-state index contributed by atoms with van der Waals surface area (Å²) in [5.41, 5.74) is 2.03. The van der Waals surface area contributed by atoms with Gasteiger partial charge in [0.2, 0.25) is 0 Å². The molecule has 152 valence electrons. The average molecular weight is 386 g/mol. The number of para-hydroxylation sites is 1. The van der Waals surface area contributed by atoms with E-state index in [0.29, 0.717) is 24.7 Å². The maximum atomic E-state index is 12.6. The van der Waals surface area contributed by atoms with Gasteiger partial charge in [-0.25, -0.2) is 0 Å². The first-order valence-electron chi connectivity index (χ1n) is 9.94. The third-order valence-electron chi connectivity index (χ3n) is 4.45. The molecule has 0 fully saturated rings. The van der Waals surface area contributed by atoms with Gasteiger partial charge in [0.05, 0.1) is 19.3 Å². The van der Waals surface area contributed by atoms with Gasteiger partial charge in [0, 0.05) is 0 Å². The smallest absolute Gasteiger partial charge is 0.261 e. The zero-order valence-electron chi connectivity index (χ0n) is 17.5. The molecule has 0 bridgehead atoms. The van der Waals surface area contributed by atoms with E-state index in [-0.39, 0.29) is 11.9 Å². The van der Waals surface area contributed by atoms with Crippen LogP contribution < -0.4 is 19.5 Å². The number of ether oxygens (including phenoxy) is 3. The maximum absolute atomic E-state index is 12.6. The van der Waals surface area contributed by atoms with Crippen molar-refractivity contribution in [3.05, 3.63) is 53.6 Å². The molecule has 1 amide bonds. The Morgan fingerprint density at radius 1 is 0.929 bits per heavy atom. The Morgan fingerprint density at radius 3 is 2.29 bits per heavy atom. The van der Waals surface area contributed by atoms with Crippen molar-refractivity contribution in [2.75, 3.05) is 13.2 Å². The minimum absolute atomic E-state index is 0.162. The fraction of sp³-hybridized carbons (Fsp3) is 0.435. The summed E-state index contributed by atoms with van der Waals surface area (Å²) >= 11 is 0. The lowest BCUT2D eigenvalue weighted by atomic mass is 10.1. The van der Waals surface area contributed by atoms with Gasteiger partial charge in [0.1, 0.15) is 5.75 Å². The summed E-state index contributed by atoms with van der Waals surface area (Å²) in [4.78, 5) is 12.6. The molecule has 5 nitrogen and oxygen atoms in total. The number of nitrogens with one attached hydrogen (secondary N) is 1. The van der Waals surface area contributed by atoms with Crippen molar-refractivity contribution in [3.63, 3.8) is 0 Å². The lowest BCUT2D eigenvalue weighted by molar-refractivity contribution is -0.127. The van der Waals surface area contributed by atoms with Gasteiger partial charge in [-0.1, -0.05) is 31.2 Å². The van der Waals surface area contributed by atoms with Crippen molar-refractivity contribution in [3.8, 4) is 17.2 Å². The molecule has 0 aliphatic heterocycles. The van der Waals surface area contributed by atoms with Crippen LogP contribution in [0.5, 0.6) is 17.2 Å². The standard InChI is InChI=1S/C23H31NO4/c1-6-18-11-9-10-12-20(18)28-17(5)23(25)24-16(4)19-13-14-21(26-7-2)22(15-19)27-8-3/h9-17H,6-8H2,1-5H3,(H,24,25)/t16-,17+/m0/s1. The zero-order chi connectivity index (χ0) is 20.5. The van der Waals surface area contributed by atoms with Crippen LogP contribution in [0, 0.1) is 0 Å². The third kappa shape index (κ3) is 5.65.